The van der Waals surface area contributed by atoms with Crippen molar-refractivity contribution in [3.8, 4) is 0 Å². The molecular formula is C17H31NO3. The summed E-state index contributed by atoms with van der Waals surface area (Å²) in [6.45, 7) is 11.6. The average molecular weight is 297 g/mol. The van der Waals surface area contributed by atoms with Crippen molar-refractivity contribution < 1.29 is 14.3 Å². The van der Waals surface area contributed by atoms with Crippen LogP contribution in [0.2, 0.25) is 0 Å². The molecule has 0 radical (unpaired) electrons. The summed E-state index contributed by atoms with van der Waals surface area (Å²) in [5, 5.41) is 2.92. The Hall–Kier alpha value is -1.06. The number of amides is 1. The molecule has 1 fully saturated rings. The maximum Gasteiger partial charge on any atom is 0.329 e. The smallest absolute Gasteiger partial charge is 0.329 e. The van der Waals surface area contributed by atoms with E-state index in [4.69, 9.17) is 4.74 Å². The molecular weight excluding hydrogens is 266 g/mol. The summed E-state index contributed by atoms with van der Waals surface area (Å²) in [7, 11) is 0. The largest absolute Gasteiger partial charge is 0.458 e. The maximum atomic E-state index is 12.4. The molecule has 0 aromatic carbocycles. The second kappa shape index (κ2) is 7.28. The Balaban J connectivity index is 2.65. The zero-order valence-electron chi connectivity index (χ0n) is 14.4. The van der Waals surface area contributed by atoms with Gasteiger partial charge in [-0.05, 0) is 45.4 Å². The van der Waals surface area contributed by atoms with Gasteiger partial charge in [-0.1, -0.05) is 33.6 Å². The molecule has 0 aromatic heterocycles. The van der Waals surface area contributed by atoms with Crippen LogP contribution in [0.4, 0.5) is 0 Å². The van der Waals surface area contributed by atoms with Crippen molar-refractivity contribution in [2.45, 2.75) is 78.9 Å². The first-order valence-corrected chi connectivity index (χ1v) is 8.13. The lowest BCUT2D eigenvalue weighted by Gasteiger charge is -2.30. The van der Waals surface area contributed by atoms with E-state index in [-0.39, 0.29) is 23.7 Å². The molecule has 0 aliphatic heterocycles. The predicted molar refractivity (Wildman–Crippen MR) is 83.7 cm³/mol. The van der Waals surface area contributed by atoms with Gasteiger partial charge in [0.25, 0.3) is 0 Å². The van der Waals surface area contributed by atoms with E-state index < -0.39 is 11.6 Å². The Morgan fingerprint density at radius 3 is 2.29 bits per heavy atom. The Morgan fingerprint density at radius 1 is 1.19 bits per heavy atom. The maximum absolute atomic E-state index is 12.4. The third-order valence-electron chi connectivity index (χ3n) is 3.93. The molecule has 122 valence electrons. The van der Waals surface area contributed by atoms with Crippen molar-refractivity contribution in [3.63, 3.8) is 0 Å². The summed E-state index contributed by atoms with van der Waals surface area (Å²) in [5.74, 6) is 0.316. The topological polar surface area (TPSA) is 55.4 Å². The summed E-state index contributed by atoms with van der Waals surface area (Å²) in [6, 6.07) is -0.561. The summed E-state index contributed by atoms with van der Waals surface area (Å²) in [6.07, 6.45) is 4.14. The van der Waals surface area contributed by atoms with Crippen LogP contribution >= 0.6 is 0 Å². The predicted octanol–water partition coefficient (Wildman–Crippen LogP) is 3.30. The van der Waals surface area contributed by atoms with Crippen molar-refractivity contribution in [2.75, 3.05) is 0 Å². The van der Waals surface area contributed by atoms with Crippen molar-refractivity contribution in [1.29, 1.82) is 0 Å². The Kier molecular flexibility index (Phi) is 6.24. The highest BCUT2D eigenvalue weighted by Gasteiger charge is 2.32. The van der Waals surface area contributed by atoms with Crippen LogP contribution in [0.1, 0.15) is 67.2 Å². The Morgan fingerprint density at radius 2 is 1.81 bits per heavy atom. The molecule has 1 rings (SSSR count). The summed E-state index contributed by atoms with van der Waals surface area (Å²) in [5.41, 5.74) is -0.533. The lowest BCUT2D eigenvalue weighted by atomic mass is 9.82. The van der Waals surface area contributed by atoms with Crippen LogP contribution in [0.15, 0.2) is 0 Å². The molecule has 1 saturated carbocycles. The normalized spacial score (nSPS) is 24.5. The summed E-state index contributed by atoms with van der Waals surface area (Å²) < 4.78 is 5.42. The van der Waals surface area contributed by atoms with E-state index in [2.05, 4.69) is 12.2 Å². The van der Waals surface area contributed by atoms with E-state index in [1.165, 1.54) is 6.42 Å². The van der Waals surface area contributed by atoms with Gasteiger partial charge in [0.05, 0.1) is 0 Å². The van der Waals surface area contributed by atoms with Gasteiger partial charge in [-0.2, -0.15) is 0 Å². The van der Waals surface area contributed by atoms with Gasteiger partial charge < -0.3 is 10.1 Å². The van der Waals surface area contributed by atoms with Gasteiger partial charge in [0.2, 0.25) is 5.91 Å². The van der Waals surface area contributed by atoms with Crippen LogP contribution < -0.4 is 5.32 Å². The van der Waals surface area contributed by atoms with Crippen LogP contribution in [-0.2, 0) is 14.3 Å². The number of hydrogen-bond acceptors (Lipinski definition) is 3. The van der Waals surface area contributed by atoms with Crippen LogP contribution in [0.25, 0.3) is 0 Å². The molecule has 1 unspecified atom stereocenters. The first-order valence-electron chi connectivity index (χ1n) is 8.13. The first kappa shape index (κ1) is 18.0. The van der Waals surface area contributed by atoms with Gasteiger partial charge in [0.15, 0.2) is 0 Å². The van der Waals surface area contributed by atoms with Crippen LogP contribution in [0.3, 0.4) is 0 Å². The van der Waals surface area contributed by atoms with Crippen LogP contribution in [0, 0.1) is 17.8 Å². The molecule has 0 saturated heterocycles. The van der Waals surface area contributed by atoms with Crippen molar-refractivity contribution in [2.24, 2.45) is 17.8 Å². The van der Waals surface area contributed by atoms with E-state index in [1.807, 2.05) is 34.6 Å². The highest BCUT2D eigenvalue weighted by molar-refractivity contribution is 5.86. The molecule has 1 aliphatic rings. The molecule has 1 amide bonds. The molecule has 1 N–H and O–H groups in total. The van der Waals surface area contributed by atoms with Crippen molar-refractivity contribution >= 4 is 11.9 Å². The van der Waals surface area contributed by atoms with Crippen LogP contribution in [0.5, 0.6) is 0 Å². The van der Waals surface area contributed by atoms with Gasteiger partial charge in [-0.25, -0.2) is 4.79 Å². The SMILES string of the molecule is CC1CCC[C@H](C(=O)N[C@@H](C(=O)OC(C)(C)C)C(C)C)C1. The minimum Gasteiger partial charge on any atom is -0.458 e. The number of esters is 1. The highest BCUT2D eigenvalue weighted by Crippen LogP contribution is 2.29. The number of ether oxygens (including phenoxy) is 1. The molecule has 0 bridgehead atoms. The lowest BCUT2D eigenvalue weighted by Crippen LogP contribution is -2.49. The van der Waals surface area contributed by atoms with Gasteiger partial charge in [0, 0.05) is 5.92 Å². The number of carbonyl (C=O) groups is 2. The second-order valence-corrected chi connectivity index (χ2v) is 7.73. The van der Waals surface area contributed by atoms with Crippen molar-refractivity contribution in [3.05, 3.63) is 0 Å². The third kappa shape index (κ3) is 6.06. The first-order chi connectivity index (χ1) is 9.60. The fourth-order valence-corrected chi connectivity index (χ4v) is 2.81. The van der Waals surface area contributed by atoms with Crippen molar-refractivity contribution in [1.82, 2.24) is 5.32 Å². The molecule has 21 heavy (non-hydrogen) atoms. The monoisotopic (exact) mass is 297 g/mol. The van der Waals surface area contributed by atoms with Gasteiger partial charge >= 0.3 is 5.97 Å². The standard InChI is InChI=1S/C17H31NO3/c1-11(2)14(16(20)21-17(4,5)6)18-15(19)13-9-7-8-12(3)10-13/h11-14H,7-10H2,1-6H3,(H,18,19)/t12?,13-,14+/m0/s1. The molecule has 0 spiro atoms. The quantitative estimate of drug-likeness (QED) is 0.810. The second-order valence-electron chi connectivity index (χ2n) is 7.73. The molecule has 4 nitrogen and oxygen atoms in total. The van der Waals surface area contributed by atoms with E-state index in [0.717, 1.165) is 19.3 Å². The summed E-state index contributed by atoms with van der Waals surface area (Å²) >= 11 is 0. The van der Waals surface area contributed by atoms with E-state index >= 15 is 0 Å². The van der Waals surface area contributed by atoms with Gasteiger partial charge in [-0.3, -0.25) is 4.79 Å². The highest BCUT2D eigenvalue weighted by atomic mass is 16.6. The number of hydrogen-bond donors (Lipinski definition) is 1. The minimum absolute atomic E-state index is 0.00566. The zero-order chi connectivity index (χ0) is 16.2. The molecule has 4 heteroatoms. The van der Waals surface area contributed by atoms with E-state index in [1.54, 1.807) is 0 Å². The lowest BCUT2D eigenvalue weighted by molar-refractivity contribution is -0.160. The number of rotatable bonds is 4. The molecule has 0 aromatic rings. The number of carbonyl (C=O) groups excluding carboxylic acids is 2. The van der Waals surface area contributed by atoms with Gasteiger partial charge in [0.1, 0.15) is 11.6 Å². The molecule has 1 aliphatic carbocycles. The molecule has 0 heterocycles. The fourth-order valence-electron chi connectivity index (χ4n) is 2.81. The average Bonchev–Trinajstić information content (AvgIpc) is 2.32. The zero-order valence-corrected chi connectivity index (χ0v) is 14.4. The molecule has 3 atom stereocenters. The van der Waals surface area contributed by atoms with E-state index in [9.17, 15) is 9.59 Å². The Bertz CT molecular complexity index is 371. The van der Waals surface area contributed by atoms with Gasteiger partial charge in [-0.15, -0.1) is 0 Å². The van der Waals surface area contributed by atoms with Crippen LogP contribution in [-0.4, -0.2) is 23.5 Å². The third-order valence-corrected chi connectivity index (χ3v) is 3.93. The summed E-state index contributed by atoms with van der Waals surface area (Å²) in [4.78, 5) is 24.7. The fraction of sp³-hybridized carbons (Fsp3) is 0.882. The minimum atomic E-state index is -0.561. The van der Waals surface area contributed by atoms with E-state index in [0.29, 0.717) is 5.92 Å². The number of nitrogens with one attached hydrogen (secondary N) is 1. The Labute approximate surface area is 129 Å².